The first-order valence-electron chi connectivity index (χ1n) is 13.9. The largest absolute Gasteiger partial charge is 0.467 e. The third-order valence-electron chi connectivity index (χ3n) is 6.70. The molecule has 0 saturated carbocycles. The number of hydrogen-bond acceptors (Lipinski definition) is 15. The fourth-order valence-electron chi connectivity index (χ4n) is 4.72. The van der Waals surface area contributed by atoms with Crippen molar-refractivity contribution in [3.8, 4) is 0 Å². The second kappa shape index (κ2) is 15.8. The van der Waals surface area contributed by atoms with Gasteiger partial charge >= 0.3 is 11.9 Å². The van der Waals surface area contributed by atoms with E-state index >= 15 is 0 Å². The normalized spacial score (nSPS) is 37.9. The summed E-state index contributed by atoms with van der Waals surface area (Å²) in [7, 11) is 1.13. The van der Waals surface area contributed by atoms with Crippen LogP contribution < -0.4 is 0 Å². The molecule has 0 aromatic heterocycles. The van der Waals surface area contributed by atoms with Crippen LogP contribution in [0.2, 0.25) is 0 Å². The van der Waals surface area contributed by atoms with Crippen molar-refractivity contribution in [2.24, 2.45) is 0 Å². The molecule has 3 aliphatic rings. The number of carbonyl (C=O) groups is 2. The van der Waals surface area contributed by atoms with Gasteiger partial charge in [0.25, 0.3) is 0 Å². The van der Waals surface area contributed by atoms with Gasteiger partial charge in [0.1, 0.15) is 43.2 Å². The molecule has 0 aliphatic carbocycles. The third kappa shape index (κ3) is 9.00. The average molecular weight is 597 g/mol. The second-order valence-electron chi connectivity index (χ2n) is 10.6. The van der Waals surface area contributed by atoms with Crippen molar-refractivity contribution < 1.29 is 72.6 Å². The summed E-state index contributed by atoms with van der Waals surface area (Å²) in [5.74, 6) is -1.66. The number of esters is 2. The Bertz CT molecular complexity index is 819. The van der Waals surface area contributed by atoms with Crippen LogP contribution in [0.3, 0.4) is 0 Å². The monoisotopic (exact) mass is 596 g/mol. The molecule has 238 valence electrons. The van der Waals surface area contributed by atoms with Crippen LogP contribution in [0.4, 0.5) is 0 Å². The maximum atomic E-state index is 12.9. The quantitative estimate of drug-likeness (QED) is 0.140. The zero-order chi connectivity index (χ0) is 30.3. The minimum absolute atomic E-state index is 0.00711. The summed E-state index contributed by atoms with van der Waals surface area (Å²) in [5.41, 5.74) is 0. The van der Waals surface area contributed by atoms with Gasteiger partial charge in [0.2, 0.25) is 0 Å². The van der Waals surface area contributed by atoms with Crippen LogP contribution in [0.15, 0.2) is 0 Å². The molecular weight excluding hydrogens is 552 g/mol. The highest BCUT2D eigenvalue weighted by Crippen LogP contribution is 2.28. The first-order chi connectivity index (χ1) is 19.4. The van der Waals surface area contributed by atoms with Gasteiger partial charge in [-0.05, 0) is 40.5 Å². The van der Waals surface area contributed by atoms with Gasteiger partial charge in [-0.1, -0.05) is 0 Å². The van der Waals surface area contributed by atoms with Gasteiger partial charge < -0.3 is 63.1 Å². The van der Waals surface area contributed by atoms with Crippen LogP contribution in [-0.4, -0.2) is 146 Å². The summed E-state index contributed by atoms with van der Waals surface area (Å²) < 4.78 is 49.0. The molecule has 3 saturated heterocycles. The highest BCUT2D eigenvalue weighted by molar-refractivity contribution is 5.76. The van der Waals surface area contributed by atoms with E-state index in [-0.39, 0.29) is 32.0 Å². The maximum Gasteiger partial charge on any atom is 0.338 e. The van der Waals surface area contributed by atoms with Gasteiger partial charge in [-0.25, -0.2) is 9.59 Å². The third-order valence-corrected chi connectivity index (χ3v) is 6.70. The highest BCUT2D eigenvalue weighted by atomic mass is 16.7. The number of aliphatic hydroxyl groups excluding tert-OH is 4. The van der Waals surface area contributed by atoms with E-state index in [1.807, 2.05) is 0 Å². The Hall–Kier alpha value is -1.50. The minimum Gasteiger partial charge on any atom is -0.467 e. The Labute approximate surface area is 238 Å². The van der Waals surface area contributed by atoms with Crippen molar-refractivity contribution >= 4 is 11.9 Å². The van der Waals surface area contributed by atoms with Crippen molar-refractivity contribution in [1.29, 1.82) is 0 Å². The Morgan fingerprint density at radius 1 is 0.780 bits per heavy atom. The van der Waals surface area contributed by atoms with Crippen molar-refractivity contribution in [2.75, 3.05) is 33.5 Å². The van der Waals surface area contributed by atoms with Crippen LogP contribution in [0.1, 0.15) is 40.5 Å². The predicted molar refractivity (Wildman–Crippen MR) is 135 cm³/mol. The topological polar surface area (TPSA) is 198 Å². The molecule has 11 atom stereocenters. The maximum absolute atomic E-state index is 12.9. The number of methoxy groups -OCH3 is 1. The van der Waals surface area contributed by atoms with Crippen LogP contribution >= 0.6 is 0 Å². The molecule has 0 bridgehead atoms. The summed E-state index contributed by atoms with van der Waals surface area (Å²) >= 11 is 0. The molecule has 3 fully saturated rings. The molecule has 0 aromatic carbocycles. The zero-order valence-corrected chi connectivity index (χ0v) is 24.0. The molecule has 3 rings (SSSR count). The van der Waals surface area contributed by atoms with E-state index in [1.165, 1.54) is 0 Å². The fraction of sp³-hybridized carbons (Fsp3) is 0.923. The van der Waals surface area contributed by atoms with Crippen LogP contribution in [0.25, 0.3) is 0 Å². The summed E-state index contributed by atoms with van der Waals surface area (Å²) in [4.78, 5) is 25.2. The van der Waals surface area contributed by atoms with E-state index in [1.54, 1.807) is 27.7 Å². The first kappa shape index (κ1) is 34.0. The molecule has 0 aromatic rings. The lowest BCUT2D eigenvalue weighted by Crippen LogP contribution is -2.62. The number of carbonyl (C=O) groups excluding carboxylic acids is 2. The molecule has 0 radical (unpaired) electrons. The molecule has 15 heteroatoms. The lowest BCUT2D eigenvalue weighted by Gasteiger charge is -2.42. The van der Waals surface area contributed by atoms with Crippen molar-refractivity contribution in [3.63, 3.8) is 0 Å². The summed E-state index contributed by atoms with van der Waals surface area (Å²) in [6, 6.07) is 0. The zero-order valence-electron chi connectivity index (χ0n) is 24.0. The SMILES string of the molecule is COC(=O)C1O[C@@H](OC(C)C)[C@@H](O)[C@@H](O)[C@@H]1OCCO[C@@H]1OC(C(=O)OCC2CCCO2)[C@@H](OC(C)C)[C@H](O)[C@@H]1O. The summed E-state index contributed by atoms with van der Waals surface area (Å²) in [6.07, 6.45) is -13.8. The van der Waals surface area contributed by atoms with Gasteiger partial charge in [0, 0.05) is 6.61 Å². The van der Waals surface area contributed by atoms with Crippen LogP contribution in [-0.2, 0) is 52.2 Å². The highest BCUT2D eigenvalue weighted by Gasteiger charge is 2.51. The molecule has 41 heavy (non-hydrogen) atoms. The van der Waals surface area contributed by atoms with Gasteiger partial charge in [-0.15, -0.1) is 0 Å². The Morgan fingerprint density at radius 2 is 1.37 bits per heavy atom. The van der Waals surface area contributed by atoms with E-state index in [2.05, 4.69) is 0 Å². The summed E-state index contributed by atoms with van der Waals surface area (Å²) in [5, 5.41) is 42.4. The van der Waals surface area contributed by atoms with E-state index in [0.29, 0.717) is 6.61 Å². The molecule has 0 amide bonds. The van der Waals surface area contributed by atoms with E-state index in [9.17, 15) is 30.0 Å². The minimum atomic E-state index is -1.59. The lowest BCUT2D eigenvalue weighted by atomic mass is 9.98. The second-order valence-corrected chi connectivity index (χ2v) is 10.6. The van der Waals surface area contributed by atoms with Gasteiger partial charge in [-0.3, -0.25) is 0 Å². The van der Waals surface area contributed by atoms with E-state index in [4.69, 9.17) is 42.6 Å². The smallest absolute Gasteiger partial charge is 0.338 e. The Kier molecular flexibility index (Phi) is 13.1. The number of hydrogen-bond donors (Lipinski definition) is 4. The summed E-state index contributed by atoms with van der Waals surface area (Å²) in [6.45, 7) is 6.83. The molecule has 4 N–H and O–H groups in total. The van der Waals surface area contributed by atoms with Crippen molar-refractivity contribution in [1.82, 2.24) is 0 Å². The number of ether oxygens (including phenoxy) is 9. The first-order valence-corrected chi connectivity index (χ1v) is 13.9. The fourth-order valence-corrected chi connectivity index (χ4v) is 4.72. The molecular formula is C26H44O15. The predicted octanol–water partition coefficient (Wildman–Crippen LogP) is -1.60. The number of aliphatic hydroxyl groups is 4. The van der Waals surface area contributed by atoms with E-state index < -0.39 is 79.5 Å². The Morgan fingerprint density at radius 3 is 1.98 bits per heavy atom. The van der Waals surface area contributed by atoms with E-state index in [0.717, 1.165) is 20.0 Å². The van der Waals surface area contributed by atoms with Gasteiger partial charge in [-0.2, -0.15) is 0 Å². The van der Waals surface area contributed by atoms with Crippen molar-refractivity contribution in [3.05, 3.63) is 0 Å². The molecule has 3 aliphatic heterocycles. The average Bonchev–Trinajstić information content (AvgIpc) is 3.45. The van der Waals surface area contributed by atoms with Gasteiger partial charge in [0.15, 0.2) is 24.8 Å². The lowest BCUT2D eigenvalue weighted by molar-refractivity contribution is -0.316. The molecule has 0 spiro atoms. The standard InChI is InChI=1S/C26H44O15/c1-12(2)38-20-16(28)17(29)25(40-22(20)24(32)37-11-14-7-6-8-34-14)36-10-9-35-19-15(27)18(30)26(39-13(3)4)41-21(19)23(31)33-5/h12-22,25-30H,6-11H2,1-5H3/t14?,15-,16-,17+,18+,19+,20+,21?,22?,25-,26-/m1/s1. The van der Waals surface area contributed by atoms with Crippen LogP contribution in [0, 0.1) is 0 Å². The molecule has 3 heterocycles. The molecule has 15 nitrogen and oxygen atoms in total. The van der Waals surface area contributed by atoms with Gasteiger partial charge in [0.05, 0.1) is 38.6 Å². The van der Waals surface area contributed by atoms with Crippen molar-refractivity contribution in [2.45, 2.75) is 120 Å². The number of rotatable bonds is 13. The van der Waals surface area contributed by atoms with Crippen LogP contribution in [0.5, 0.6) is 0 Å². The molecule has 3 unspecified atom stereocenters. The Balaban J connectivity index is 1.59.